The molecular formula is C13H15F2N3. The minimum absolute atomic E-state index is 0.357. The number of nitrogens with zero attached hydrogens (tertiary/aromatic N) is 2. The first-order valence-electron chi connectivity index (χ1n) is 5.70. The molecule has 0 amide bonds. The second kappa shape index (κ2) is 5.27. The summed E-state index contributed by atoms with van der Waals surface area (Å²) in [6.45, 7) is 2.87. The number of nitrogens with one attached hydrogen (secondary N) is 1. The molecule has 0 aliphatic rings. The fraction of sp³-hybridized carbons (Fsp3) is 0.308. The number of halogens is 2. The van der Waals surface area contributed by atoms with Gasteiger partial charge in [-0.05, 0) is 19.1 Å². The van der Waals surface area contributed by atoms with Crippen LogP contribution in [0.15, 0.2) is 24.3 Å². The first-order chi connectivity index (χ1) is 8.56. The fourth-order valence-corrected chi connectivity index (χ4v) is 1.82. The molecule has 0 saturated carbocycles. The van der Waals surface area contributed by atoms with Gasteiger partial charge in [-0.3, -0.25) is 4.68 Å². The van der Waals surface area contributed by atoms with E-state index in [-0.39, 0.29) is 0 Å². The van der Waals surface area contributed by atoms with Crippen LogP contribution in [0.25, 0.3) is 0 Å². The van der Waals surface area contributed by atoms with Gasteiger partial charge in [0.25, 0.3) is 0 Å². The van der Waals surface area contributed by atoms with E-state index >= 15 is 0 Å². The fourth-order valence-electron chi connectivity index (χ4n) is 1.82. The van der Waals surface area contributed by atoms with Crippen molar-refractivity contribution in [1.29, 1.82) is 0 Å². The Morgan fingerprint density at radius 3 is 2.61 bits per heavy atom. The lowest BCUT2D eigenvalue weighted by atomic mass is 10.2. The van der Waals surface area contributed by atoms with Gasteiger partial charge in [0.2, 0.25) is 0 Å². The maximum Gasteiger partial charge on any atom is 0.130 e. The lowest BCUT2D eigenvalue weighted by molar-refractivity contribution is 0.555. The Balaban J connectivity index is 1.94. The molecule has 2 aromatic rings. The topological polar surface area (TPSA) is 29.9 Å². The highest BCUT2D eigenvalue weighted by atomic mass is 19.1. The van der Waals surface area contributed by atoms with E-state index in [1.807, 2.05) is 20.0 Å². The Kier molecular flexibility index (Phi) is 3.72. The molecule has 5 heteroatoms. The number of aryl methyl sites for hydroxylation is 2. The van der Waals surface area contributed by atoms with E-state index in [2.05, 4.69) is 10.4 Å². The number of rotatable bonds is 4. The normalized spacial score (nSPS) is 10.9. The Bertz CT molecular complexity index is 549. The summed E-state index contributed by atoms with van der Waals surface area (Å²) in [5.74, 6) is -1.08. The Labute approximate surface area is 104 Å². The van der Waals surface area contributed by atoms with E-state index in [1.165, 1.54) is 12.1 Å². The molecule has 0 spiro atoms. The highest BCUT2D eigenvalue weighted by Crippen LogP contribution is 2.09. The summed E-state index contributed by atoms with van der Waals surface area (Å²) in [6.07, 6.45) is 0. The van der Waals surface area contributed by atoms with Gasteiger partial charge >= 0.3 is 0 Å². The predicted molar refractivity (Wildman–Crippen MR) is 64.8 cm³/mol. The van der Waals surface area contributed by atoms with Gasteiger partial charge in [-0.1, -0.05) is 6.07 Å². The van der Waals surface area contributed by atoms with Gasteiger partial charge in [0.15, 0.2) is 0 Å². The van der Waals surface area contributed by atoms with Gasteiger partial charge in [0.1, 0.15) is 11.6 Å². The molecule has 1 N–H and O–H groups in total. The van der Waals surface area contributed by atoms with Crippen molar-refractivity contribution in [1.82, 2.24) is 15.1 Å². The van der Waals surface area contributed by atoms with E-state index in [1.54, 1.807) is 4.68 Å². The number of hydrogen-bond donors (Lipinski definition) is 1. The highest BCUT2D eigenvalue weighted by Gasteiger charge is 2.05. The van der Waals surface area contributed by atoms with E-state index in [0.717, 1.165) is 17.5 Å². The van der Waals surface area contributed by atoms with Crippen molar-refractivity contribution >= 4 is 0 Å². The highest BCUT2D eigenvalue weighted by molar-refractivity contribution is 5.18. The zero-order valence-electron chi connectivity index (χ0n) is 10.4. The van der Waals surface area contributed by atoms with Crippen LogP contribution in [-0.4, -0.2) is 9.78 Å². The molecule has 1 heterocycles. The van der Waals surface area contributed by atoms with Crippen LogP contribution in [0, 0.1) is 18.6 Å². The number of benzene rings is 1. The van der Waals surface area contributed by atoms with Crippen LogP contribution in [-0.2, 0) is 20.1 Å². The third-order valence-corrected chi connectivity index (χ3v) is 2.74. The maximum atomic E-state index is 13.4. The van der Waals surface area contributed by atoms with E-state index < -0.39 is 11.6 Å². The van der Waals surface area contributed by atoms with Crippen molar-refractivity contribution in [3.05, 3.63) is 52.9 Å². The van der Waals surface area contributed by atoms with Crippen molar-refractivity contribution in [3.8, 4) is 0 Å². The first kappa shape index (κ1) is 12.7. The molecule has 0 aliphatic carbocycles. The van der Waals surface area contributed by atoms with Crippen molar-refractivity contribution in [2.45, 2.75) is 20.0 Å². The Hall–Kier alpha value is -1.75. The zero-order valence-corrected chi connectivity index (χ0v) is 10.4. The monoisotopic (exact) mass is 251 g/mol. The molecular weight excluding hydrogens is 236 g/mol. The molecule has 0 radical (unpaired) electrons. The van der Waals surface area contributed by atoms with E-state index in [4.69, 9.17) is 0 Å². The third-order valence-electron chi connectivity index (χ3n) is 2.74. The van der Waals surface area contributed by atoms with Gasteiger partial charge in [-0.2, -0.15) is 5.10 Å². The predicted octanol–water partition coefficient (Wildman–Crippen LogP) is 2.30. The average Bonchev–Trinajstić information content (AvgIpc) is 2.61. The van der Waals surface area contributed by atoms with Crippen molar-refractivity contribution in [2.24, 2.45) is 7.05 Å². The molecule has 1 aromatic heterocycles. The van der Waals surface area contributed by atoms with Crippen molar-refractivity contribution in [2.75, 3.05) is 0 Å². The summed E-state index contributed by atoms with van der Waals surface area (Å²) >= 11 is 0. The summed E-state index contributed by atoms with van der Waals surface area (Å²) in [5, 5.41) is 7.33. The molecule has 3 nitrogen and oxygen atoms in total. The van der Waals surface area contributed by atoms with Gasteiger partial charge in [-0.15, -0.1) is 0 Å². The van der Waals surface area contributed by atoms with Crippen LogP contribution < -0.4 is 5.32 Å². The molecule has 18 heavy (non-hydrogen) atoms. The van der Waals surface area contributed by atoms with Crippen LogP contribution in [0.3, 0.4) is 0 Å². The molecule has 0 aliphatic heterocycles. The van der Waals surface area contributed by atoms with Gasteiger partial charge in [0.05, 0.1) is 11.4 Å². The van der Waals surface area contributed by atoms with Crippen LogP contribution in [0.4, 0.5) is 8.78 Å². The number of aromatic nitrogens is 2. The largest absolute Gasteiger partial charge is 0.307 e. The molecule has 0 unspecified atom stereocenters. The molecule has 2 rings (SSSR count). The summed E-state index contributed by atoms with van der Waals surface area (Å²) in [4.78, 5) is 0. The lowest BCUT2D eigenvalue weighted by Crippen LogP contribution is -2.16. The second-order valence-corrected chi connectivity index (χ2v) is 4.24. The summed E-state index contributed by atoms with van der Waals surface area (Å²) < 4.78 is 27.9. The van der Waals surface area contributed by atoms with Crippen molar-refractivity contribution in [3.63, 3.8) is 0 Å². The van der Waals surface area contributed by atoms with Gasteiger partial charge < -0.3 is 5.32 Å². The summed E-state index contributed by atoms with van der Waals surface area (Å²) in [5.41, 5.74) is 2.42. The third kappa shape index (κ3) is 2.92. The van der Waals surface area contributed by atoms with Crippen LogP contribution >= 0.6 is 0 Å². The second-order valence-electron chi connectivity index (χ2n) is 4.24. The Morgan fingerprint density at radius 1 is 1.22 bits per heavy atom. The summed E-state index contributed by atoms with van der Waals surface area (Å²) in [6, 6.07) is 5.57. The molecule has 1 aromatic carbocycles. The minimum atomic E-state index is -0.557. The molecule has 0 fully saturated rings. The Morgan fingerprint density at radius 2 is 2.00 bits per heavy atom. The zero-order chi connectivity index (χ0) is 13.1. The van der Waals surface area contributed by atoms with Gasteiger partial charge in [0, 0.05) is 31.8 Å². The summed E-state index contributed by atoms with van der Waals surface area (Å²) in [7, 11) is 1.86. The van der Waals surface area contributed by atoms with E-state index in [9.17, 15) is 8.78 Å². The molecule has 0 bridgehead atoms. The number of hydrogen-bond acceptors (Lipinski definition) is 2. The SMILES string of the molecule is Cc1cc(CNCc2ccc(F)cc2F)n(C)n1. The standard InChI is InChI=1S/C13H15F2N3/c1-9-5-12(18(2)17-9)8-16-7-10-3-4-11(14)6-13(10)15/h3-6,16H,7-8H2,1-2H3. The molecule has 0 saturated heterocycles. The maximum absolute atomic E-state index is 13.4. The smallest absolute Gasteiger partial charge is 0.130 e. The molecule has 0 atom stereocenters. The van der Waals surface area contributed by atoms with Crippen LogP contribution in [0.2, 0.25) is 0 Å². The first-order valence-corrected chi connectivity index (χ1v) is 5.70. The quantitative estimate of drug-likeness (QED) is 0.903. The average molecular weight is 251 g/mol. The van der Waals surface area contributed by atoms with Crippen LogP contribution in [0.1, 0.15) is 17.0 Å². The van der Waals surface area contributed by atoms with Crippen LogP contribution in [0.5, 0.6) is 0 Å². The lowest BCUT2D eigenvalue weighted by Gasteiger charge is -2.06. The van der Waals surface area contributed by atoms with Gasteiger partial charge in [-0.25, -0.2) is 8.78 Å². The molecule has 96 valence electrons. The van der Waals surface area contributed by atoms with Crippen molar-refractivity contribution < 1.29 is 8.78 Å². The van der Waals surface area contributed by atoms with E-state index in [0.29, 0.717) is 18.7 Å². The minimum Gasteiger partial charge on any atom is -0.307 e.